The van der Waals surface area contributed by atoms with Gasteiger partial charge in [-0.1, -0.05) is 34.1 Å². The van der Waals surface area contributed by atoms with Crippen molar-refractivity contribution in [2.75, 3.05) is 13.2 Å². The first-order chi connectivity index (χ1) is 9.24. The lowest BCUT2D eigenvalue weighted by Gasteiger charge is -2.20. The van der Waals surface area contributed by atoms with Crippen molar-refractivity contribution < 1.29 is 13.9 Å². The number of ether oxygens (including phenoxy) is 2. The number of halogens is 2. The monoisotopic (exact) mass is 322 g/mol. The van der Waals surface area contributed by atoms with Crippen LogP contribution >= 0.6 is 15.9 Å². The largest absolute Gasteiger partial charge is 0.486 e. The van der Waals surface area contributed by atoms with E-state index in [0.717, 1.165) is 22.6 Å². The molecule has 1 atom stereocenters. The Morgan fingerprint density at radius 2 is 1.68 bits per heavy atom. The highest BCUT2D eigenvalue weighted by Crippen LogP contribution is 2.37. The number of rotatable bonds is 2. The average Bonchev–Trinajstić information content (AvgIpc) is 2.46. The molecule has 0 bridgehead atoms. The molecule has 3 rings (SSSR count). The van der Waals surface area contributed by atoms with Gasteiger partial charge in [0.15, 0.2) is 11.5 Å². The van der Waals surface area contributed by atoms with Crippen LogP contribution in [0.1, 0.15) is 16.0 Å². The lowest BCUT2D eigenvalue weighted by atomic mass is 10.0. The van der Waals surface area contributed by atoms with E-state index in [2.05, 4.69) is 15.9 Å². The molecule has 1 unspecified atom stereocenters. The van der Waals surface area contributed by atoms with Gasteiger partial charge >= 0.3 is 0 Å². The van der Waals surface area contributed by atoms with Gasteiger partial charge < -0.3 is 9.47 Å². The summed E-state index contributed by atoms with van der Waals surface area (Å²) < 4.78 is 24.3. The molecule has 0 spiro atoms. The average molecular weight is 323 g/mol. The summed E-state index contributed by atoms with van der Waals surface area (Å²) in [5.41, 5.74) is 1.88. The lowest BCUT2D eigenvalue weighted by Crippen LogP contribution is -2.15. The van der Waals surface area contributed by atoms with Crippen molar-refractivity contribution in [3.63, 3.8) is 0 Å². The highest BCUT2D eigenvalue weighted by Gasteiger charge is 2.16. The Bertz CT molecular complexity index is 600. The molecule has 1 aliphatic rings. The molecule has 98 valence electrons. The molecule has 1 heterocycles. The zero-order valence-corrected chi connectivity index (χ0v) is 11.7. The molecule has 0 fully saturated rings. The highest BCUT2D eigenvalue weighted by molar-refractivity contribution is 9.09. The number of hydrogen-bond donors (Lipinski definition) is 0. The Kier molecular flexibility index (Phi) is 3.42. The van der Waals surface area contributed by atoms with Crippen molar-refractivity contribution in [2.45, 2.75) is 4.83 Å². The maximum atomic E-state index is 13.3. The number of fused-ring (bicyclic) bond motifs is 1. The standard InChI is InChI=1S/C15H12BrFO2/c16-15(10-2-1-3-12(17)8-10)11-4-5-13-14(9-11)19-7-6-18-13/h1-5,8-9,15H,6-7H2. The van der Waals surface area contributed by atoms with Crippen molar-refractivity contribution in [3.05, 3.63) is 59.4 Å². The van der Waals surface area contributed by atoms with Crippen LogP contribution < -0.4 is 9.47 Å². The normalized spacial score (nSPS) is 15.1. The van der Waals surface area contributed by atoms with Gasteiger partial charge in [0.05, 0.1) is 4.83 Å². The van der Waals surface area contributed by atoms with Crippen LogP contribution in [0.3, 0.4) is 0 Å². The van der Waals surface area contributed by atoms with Gasteiger partial charge in [-0.2, -0.15) is 0 Å². The van der Waals surface area contributed by atoms with E-state index < -0.39 is 0 Å². The molecule has 1 aliphatic heterocycles. The summed E-state index contributed by atoms with van der Waals surface area (Å²) >= 11 is 3.59. The summed E-state index contributed by atoms with van der Waals surface area (Å²) in [7, 11) is 0. The van der Waals surface area contributed by atoms with Crippen LogP contribution in [0.25, 0.3) is 0 Å². The second kappa shape index (κ2) is 5.21. The van der Waals surface area contributed by atoms with E-state index in [1.807, 2.05) is 24.3 Å². The molecule has 2 aromatic carbocycles. The van der Waals surface area contributed by atoms with Gasteiger partial charge in [0.25, 0.3) is 0 Å². The first kappa shape index (κ1) is 12.5. The molecule has 0 N–H and O–H groups in total. The summed E-state index contributed by atoms with van der Waals surface area (Å²) in [6.07, 6.45) is 0. The van der Waals surface area contributed by atoms with Crippen molar-refractivity contribution in [1.29, 1.82) is 0 Å². The predicted molar refractivity (Wildman–Crippen MR) is 74.6 cm³/mol. The lowest BCUT2D eigenvalue weighted by molar-refractivity contribution is 0.171. The van der Waals surface area contributed by atoms with E-state index in [4.69, 9.17) is 9.47 Å². The first-order valence-corrected chi connectivity index (χ1v) is 6.95. The third kappa shape index (κ3) is 2.59. The Labute approximate surface area is 119 Å². The Balaban J connectivity index is 1.93. The summed E-state index contributed by atoms with van der Waals surface area (Å²) in [5.74, 6) is 1.26. The van der Waals surface area contributed by atoms with Crippen molar-refractivity contribution >= 4 is 15.9 Å². The molecular weight excluding hydrogens is 311 g/mol. The van der Waals surface area contributed by atoms with Crippen LogP contribution in [0, 0.1) is 5.82 Å². The highest BCUT2D eigenvalue weighted by atomic mass is 79.9. The van der Waals surface area contributed by atoms with Gasteiger partial charge in [0, 0.05) is 0 Å². The van der Waals surface area contributed by atoms with Crippen LogP contribution in [0.2, 0.25) is 0 Å². The Morgan fingerprint density at radius 3 is 2.47 bits per heavy atom. The molecule has 0 radical (unpaired) electrons. The summed E-state index contributed by atoms with van der Waals surface area (Å²) in [5, 5.41) is 0. The zero-order valence-electron chi connectivity index (χ0n) is 10.1. The number of alkyl halides is 1. The molecule has 2 nitrogen and oxygen atoms in total. The molecule has 0 saturated carbocycles. The van der Waals surface area contributed by atoms with E-state index >= 15 is 0 Å². The minimum absolute atomic E-state index is 0.0703. The number of hydrogen-bond acceptors (Lipinski definition) is 2. The van der Waals surface area contributed by atoms with E-state index in [0.29, 0.717) is 13.2 Å². The van der Waals surface area contributed by atoms with E-state index in [-0.39, 0.29) is 10.6 Å². The van der Waals surface area contributed by atoms with Crippen LogP contribution in [-0.2, 0) is 0 Å². The van der Waals surface area contributed by atoms with Crippen molar-refractivity contribution in [1.82, 2.24) is 0 Å². The second-order valence-electron chi connectivity index (χ2n) is 4.32. The minimum atomic E-state index is -0.237. The fourth-order valence-corrected chi connectivity index (χ4v) is 2.64. The van der Waals surface area contributed by atoms with Crippen molar-refractivity contribution in [2.24, 2.45) is 0 Å². The molecule has 0 saturated heterocycles. The van der Waals surface area contributed by atoms with Gasteiger partial charge in [-0.15, -0.1) is 0 Å². The van der Waals surface area contributed by atoms with Crippen LogP contribution in [0.4, 0.5) is 4.39 Å². The predicted octanol–water partition coefficient (Wildman–Crippen LogP) is 4.08. The minimum Gasteiger partial charge on any atom is -0.486 e. The Morgan fingerprint density at radius 1 is 0.947 bits per heavy atom. The van der Waals surface area contributed by atoms with Gasteiger partial charge in [-0.3, -0.25) is 0 Å². The molecule has 19 heavy (non-hydrogen) atoms. The van der Waals surface area contributed by atoms with Gasteiger partial charge in [0.1, 0.15) is 19.0 Å². The molecule has 0 aromatic heterocycles. The molecule has 2 aromatic rings. The first-order valence-electron chi connectivity index (χ1n) is 6.03. The van der Waals surface area contributed by atoms with Crippen molar-refractivity contribution in [3.8, 4) is 11.5 Å². The molecule has 4 heteroatoms. The fourth-order valence-electron chi connectivity index (χ4n) is 2.07. The SMILES string of the molecule is Fc1cccc(C(Br)c2ccc3c(c2)OCCO3)c1. The third-order valence-corrected chi connectivity index (χ3v) is 4.06. The second-order valence-corrected chi connectivity index (χ2v) is 5.24. The zero-order chi connectivity index (χ0) is 13.2. The van der Waals surface area contributed by atoms with Gasteiger partial charge in [0.2, 0.25) is 0 Å². The van der Waals surface area contributed by atoms with Crippen LogP contribution in [0.15, 0.2) is 42.5 Å². The molecule has 0 aliphatic carbocycles. The maximum absolute atomic E-state index is 13.3. The Hall–Kier alpha value is -1.55. The number of benzene rings is 2. The maximum Gasteiger partial charge on any atom is 0.161 e. The van der Waals surface area contributed by atoms with Gasteiger partial charge in [-0.25, -0.2) is 4.39 Å². The third-order valence-electron chi connectivity index (χ3n) is 3.00. The smallest absolute Gasteiger partial charge is 0.161 e. The van der Waals surface area contributed by atoms with E-state index in [9.17, 15) is 4.39 Å². The summed E-state index contributed by atoms with van der Waals surface area (Å²) in [4.78, 5) is -0.0703. The summed E-state index contributed by atoms with van der Waals surface area (Å²) in [6.45, 7) is 1.14. The molecule has 0 amide bonds. The van der Waals surface area contributed by atoms with Gasteiger partial charge in [-0.05, 0) is 35.4 Å². The van der Waals surface area contributed by atoms with E-state index in [1.54, 1.807) is 6.07 Å². The van der Waals surface area contributed by atoms with Crippen LogP contribution in [-0.4, -0.2) is 13.2 Å². The van der Waals surface area contributed by atoms with Crippen LogP contribution in [0.5, 0.6) is 11.5 Å². The fraction of sp³-hybridized carbons (Fsp3) is 0.200. The summed E-state index contributed by atoms with van der Waals surface area (Å²) in [6, 6.07) is 12.3. The topological polar surface area (TPSA) is 18.5 Å². The van der Waals surface area contributed by atoms with E-state index in [1.165, 1.54) is 12.1 Å². The quantitative estimate of drug-likeness (QED) is 0.775. The molecular formula is C15H12BrFO2.